The van der Waals surface area contributed by atoms with Crippen LogP contribution in [0.4, 0.5) is 17.1 Å². The Morgan fingerprint density at radius 3 is 2.34 bits per heavy atom. The molecule has 0 radical (unpaired) electrons. The zero-order valence-electron chi connectivity index (χ0n) is 21.7. The van der Waals surface area contributed by atoms with E-state index in [0.29, 0.717) is 34.6 Å². The Morgan fingerprint density at radius 2 is 1.71 bits per heavy atom. The molecule has 0 bridgehead atoms. The summed E-state index contributed by atoms with van der Waals surface area (Å²) in [5.74, 6) is -0.808. The second-order valence-corrected chi connectivity index (χ2v) is 9.94. The number of anilines is 3. The van der Waals surface area contributed by atoms with E-state index in [4.69, 9.17) is 4.74 Å². The molecule has 0 saturated heterocycles. The maximum atomic E-state index is 13.2. The first-order chi connectivity index (χ1) is 18.2. The van der Waals surface area contributed by atoms with Crippen molar-refractivity contribution in [1.82, 2.24) is 4.90 Å². The van der Waals surface area contributed by atoms with E-state index in [1.165, 1.54) is 7.11 Å². The number of hydrogen-bond donors (Lipinski definition) is 2. The van der Waals surface area contributed by atoms with Crippen LogP contribution in [0.5, 0.6) is 0 Å². The molecule has 0 fully saturated rings. The van der Waals surface area contributed by atoms with Crippen molar-refractivity contribution in [2.24, 2.45) is 0 Å². The summed E-state index contributed by atoms with van der Waals surface area (Å²) in [5, 5.41) is 6.30. The van der Waals surface area contributed by atoms with Gasteiger partial charge in [0.15, 0.2) is 0 Å². The van der Waals surface area contributed by atoms with Crippen molar-refractivity contribution in [2.75, 3.05) is 49.8 Å². The Labute approximate surface area is 230 Å². The Balaban J connectivity index is 1.76. The first kappa shape index (κ1) is 27.1. The summed E-state index contributed by atoms with van der Waals surface area (Å²) in [7, 11) is 5.25. The topological polar surface area (TPSA) is 91.0 Å². The zero-order valence-corrected chi connectivity index (χ0v) is 23.3. The largest absolute Gasteiger partial charge is 0.465 e. The molecule has 4 rings (SSSR count). The van der Waals surface area contributed by atoms with Crippen molar-refractivity contribution < 1.29 is 19.1 Å². The second kappa shape index (κ2) is 11.6. The quantitative estimate of drug-likeness (QED) is 0.287. The first-order valence-electron chi connectivity index (χ1n) is 12.0. The fourth-order valence-corrected chi connectivity index (χ4v) is 4.84. The van der Waals surface area contributed by atoms with Crippen LogP contribution in [-0.2, 0) is 14.3 Å². The van der Waals surface area contributed by atoms with E-state index < -0.39 is 5.97 Å². The minimum atomic E-state index is -0.476. The lowest BCUT2D eigenvalue weighted by atomic mass is 9.99. The van der Waals surface area contributed by atoms with E-state index in [-0.39, 0.29) is 11.8 Å². The number of amides is 2. The monoisotopic (exact) mass is 576 g/mol. The summed E-state index contributed by atoms with van der Waals surface area (Å²) in [4.78, 5) is 41.3. The number of methoxy groups -OCH3 is 1. The number of carbonyl (C=O) groups is 3. The van der Waals surface area contributed by atoms with E-state index in [1.54, 1.807) is 30.0 Å². The molecule has 0 unspecified atom stereocenters. The Kier molecular flexibility index (Phi) is 8.29. The predicted molar refractivity (Wildman–Crippen MR) is 154 cm³/mol. The van der Waals surface area contributed by atoms with Gasteiger partial charge in [-0.3, -0.25) is 9.59 Å². The van der Waals surface area contributed by atoms with Crippen LogP contribution < -0.4 is 15.5 Å². The number of fused-ring (bicyclic) bond motifs is 1. The lowest BCUT2D eigenvalue weighted by Gasteiger charge is -2.25. The number of rotatable bonds is 8. The third kappa shape index (κ3) is 5.79. The highest BCUT2D eigenvalue weighted by Crippen LogP contribution is 2.39. The second-order valence-electron chi connectivity index (χ2n) is 9.09. The Morgan fingerprint density at radius 1 is 0.974 bits per heavy atom. The number of nitrogens with zero attached hydrogens (tertiary/aromatic N) is 2. The molecule has 0 spiro atoms. The molecule has 1 heterocycles. The molecular formula is C29H29BrN4O4. The van der Waals surface area contributed by atoms with Crippen molar-refractivity contribution in [2.45, 2.75) is 6.92 Å². The lowest BCUT2D eigenvalue weighted by Crippen LogP contribution is -2.35. The van der Waals surface area contributed by atoms with Crippen LogP contribution in [0.3, 0.4) is 0 Å². The lowest BCUT2D eigenvalue weighted by molar-refractivity contribution is -0.116. The van der Waals surface area contributed by atoms with Crippen LogP contribution in [0.25, 0.3) is 11.3 Å². The SMILES string of the molecule is COC(=O)c1ccc2c(c1)NC(=O)C2=C(Nc1ccc(N(CCN(C)C)C(C)=O)c(Br)c1)c1ccccc1. The van der Waals surface area contributed by atoms with Gasteiger partial charge in [-0.05, 0) is 65.9 Å². The van der Waals surface area contributed by atoms with E-state index in [9.17, 15) is 14.4 Å². The van der Waals surface area contributed by atoms with Gasteiger partial charge in [-0.25, -0.2) is 4.79 Å². The van der Waals surface area contributed by atoms with Gasteiger partial charge in [0, 0.05) is 35.7 Å². The van der Waals surface area contributed by atoms with E-state index >= 15 is 0 Å². The number of halogens is 1. The Hall–Kier alpha value is -3.95. The molecule has 196 valence electrons. The molecule has 2 N–H and O–H groups in total. The summed E-state index contributed by atoms with van der Waals surface area (Å²) in [5.41, 5.74) is 4.95. The maximum absolute atomic E-state index is 13.2. The molecular weight excluding hydrogens is 548 g/mol. The molecule has 2 amide bonds. The van der Waals surface area contributed by atoms with Crippen LogP contribution in [0.15, 0.2) is 71.2 Å². The number of benzene rings is 3. The van der Waals surface area contributed by atoms with Gasteiger partial charge in [-0.2, -0.15) is 0 Å². The van der Waals surface area contributed by atoms with Crippen molar-refractivity contribution in [1.29, 1.82) is 0 Å². The zero-order chi connectivity index (χ0) is 27.4. The molecule has 0 atom stereocenters. The Bertz CT molecular complexity index is 1420. The molecule has 1 aliphatic rings. The average molecular weight is 577 g/mol. The minimum absolute atomic E-state index is 0.0501. The highest BCUT2D eigenvalue weighted by atomic mass is 79.9. The van der Waals surface area contributed by atoms with Crippen LogP contribution in [0.2, 0.25) is 0 Å². The summed E-state index contributed by atoms with van der Waals surface area (Å²) in [6.45, 7) is 2.83. The minimum Gasteiger partial charge on any atom is -0.465 e. The molecule has 1 aliphatic heterocycles. The highest BCUT2D eigenvalue weighted by Gasteiger charge is 2.29. The number of ether oxygens (including phenoxy) is 1. The molecule has 0 aliphatic carbocycles. The smallest absolute Gasteiger partial charge is 0.337 e. The number of hydrogen-bond acceptors (Lipinski definition) is 6. The third-order valence-corrected chi connectivity index (χ3v) is 6.79. The van der Waals surface area contributed by atoms with Gasteiger partial charge in [0.1, 0.15) is 0 Å². The van der Waals surface area contributed by atoms with Crippen LogP contribution in [-0.4, -0.2) is 57.0 Å². The van der Waals surface area contributed by atoms with Gasteiger partial charge >= 0.3 is 5.97 Å². The van der Waals surface area contributed by atoms with Crippen molar-refractivity contribution >= 4 is 62.0 Å². The highest BCUT2D eigenvalue weighted by molar-refractivity contribution is 9.10. The van der Waals surface area contributed by atoms with Crippen molar-refractivity contribution in [3.05, 3.63) is 87.9 Å². The molecule has 38 heavy (non-hydrogen) atoms. The maximum Gasteiger partial charge on any atom is 0.337 e. The van der Waals surface area contributed by atoms with Crippen molar-refractivity contribution in [3.63, 3.8) is 0 Å². The summed E-state index contributed by atoms with van der Waals surface area (Å²) >= 11 is 3.63. The van der Waals surface area contributed by atoms with Gasteiger partial charge < -0.3 is 25.2 Å². The average Bonchev–Trinajstić information content (AvgIpc) is 3.22. The number of likely N-dealkylation sites (N-methyl/N-ethyl adjacent to an activating group) is 1. The standard InChI is InChI=1S/C29H29BrN4O4/c1-18(35)34(15-14-33(2)3)25-13-11-21(17-23(25)30)31-27(19-8-6-5-7-9-19)26-22-12-10-20(29(37)38-4)16-24(22)32-28(26)36/h5-13,16-17,31H,14-15H2,1-4H3,(H,32,36). The summed E-state index contributed by atoms with van der Waals surface area (Å²) in [6, 6.07) is 20.2. The molecule has 3 aromatic carbocycles. The molecule has 0 saturated carbocycles. The van der Waals surface area contributed by atoms with Crippen LogP contribution >= 0.6 is 15.9 Å². The number of carbonyl (C=O) groups excluding carboxylic acids is 3. The molecule has 3 aromatic rings. The van der Waals surface area contributed by atoms with Crippen LogP contribution in [0, 0.1) is 0 Å². The molecule has 8 nitrogen and oxygen atoms in total. The predicted octanol–water partition coefficient (Wildman–Crippen LogP) is 5.08. The van der Waals surface area contributed by atoms with E-state index in [1.807, 2.05) is 67.5 Å². The number of nitrogens with one attached hydrogen (secondary N) is 2. The van der Waals surface area contributed by atoms with Gasteiger partial charge in [0.2, 0.25) is 5.91 Å². The molecule has 9 heteroatoms. The van der Waals surface area contributed by atoms with Gasteiger partial charge in [-0.1, -0.05) is 36.4 Å². The van der Waals surface area contributed by atoms with Gasteiger partial charge in [-0.15, -0.1) is 0 Å². The normalized spacial score (nSPS) is 13.6. The molecule has 0 aromatic heterocycles. The van der Waals surface area contributed by atoms with Gasteiger partial charge in [0.25, 0.3) is 5.91 Å². The first-order valence-corrected chi connectivity index (χ1v) is 12.8. The van der Waals surface area contributed by atoms with E-state index in [0.717, 1.165) is 28.0 Å². The van der Waals surface area contributed by atoms with Crippen LogP contribution in [0.1, 0.15) is 28.4 Å². The van der Waals surface area contributed by atoms with Gasteiger partial charge in [0.05, 0.1) is 35.3 Å². The fourth-order valence-electron chi connectivity index (χ4n) is 4.25. The van der Waals surface area contributed by atoms with Crippen molar-refractivity contribution in [3.8, 4) is 0 Å². The summed E-state index contributed by atoms with van der Waals surface area (Å²) in [6.07, 6.45) is 0. The van der Waals surface area contributed by atoms with E-state index in [2.05, 4.69) is 26.6 Å². The number of esters is 1. The summed E-state index contributed by atoms with van der Waals surface area (Å²) < 4.78 is 5.56. The fraction of sp³-hybridized carbons (Fsp3) is 0.207. The third-order valence-electron chi connectivity index (χ3n) is 6.16.